The zero-order valence-corrected chi connectivity index (χ0v) is 11.0. The number of hydrogen-bond donors (Lipinski definition) is 2. The summed E-state index contributed by atoms with van der Waals surface area (Å²) in [6.07, 6.45) is 3.98. The van der Waals surface area contributed by atoms with E-state index in [0.717, 1.165) is 32.5 Å². The highest BCUT2D eigenvalue weighted by molar-refractivity contribution is 5.81. The van der Waals surface area contributed by atoms with Crippen molar-refractivity contribution in [3.05, 3.63) is 12.7 Å². The topological polar surface area (TPSA) is 44.4 Å². The van der Waals surface area contributed by atoms with Gasteiger partial charge in [0, 0.05) is 12.6 Å². The molecule has 1 aliphatic rings. The lowest BCUT2D eigenvalue weighted by Gasteiger charge is -2.37. The molecular weight excluding hydrogens is 214 g/mol. The SMILES string of the molecule is C=CCNC(=O)C(C)N(CC)C1CCNCC1. The fourth-order valence-corrected chi connectivity index (χ4v) is 2.46. The monoisotopic (exact) mass is 239 g/mol. The van der Waals surface area contributed by atoms with E-state index < -0.39 is 0 Å². The lowest BCUT2D eigenvalue weighted by Crippen LogP contribution is -2.52. The highest BCUT2D eigenvalue weighted by Gasteiger charge is 2.27. The maximum atomic E-state index is 11.9. The van der Waals surface area contributed by atoms with Gasteiger partial charge in [0.15, 0.2) is 0 Å². The smallest absolute Gasteiger partial charge is 0.237 e. The van der Waals surface area contributed by atoms with Crippen LogP contribution in [0.4, 0.5) is 0 Å². The molecule has 0 aromatic rings. The first kappa shape index (κ1) is 14.2. The van der Waals surface area contributed by atoms with Gasteiger partial charge in [-0.25, -0.2) is 0 Å². The predicted octanol–water partition coefficient (Wildman–Crippen LogP) is 0.751. The molecule has 1 rings (SSSR count). The Bertz CT molecular complexity index is 249. The molecule has 1 fully saturated rings. The second-order valence-corrected chi connectivity index (χ2v) is 4.52. The van der Waals surface area contributed by atoms with Crippen molar-refractivity contribution in [2.45, 2.75) is 38.8 Å². The van der Waals surface area contributed by atoms with Gasteiger partial charge in [-0.3, -0.25) is 9.69 Å². The second-order valence-electron chi connectivity index (χ2n) is 4.52. The lowest BCUT2D eigenvalue weighted by atomic mass is 10.0. The number of nitrogens with one attached hydrogen (secondary N) is 2. The standard InChI is InChI=1S/C13H25N3O/c1-4-8-15-13(17)11(3)16(5-2)12-6-9-14-10-7-12/h4,11-12,14H,1,5-10H2,2-3H3,(H,15,17). The third-order valence-corrected chi connectivity index (χ3v) is 3.44. The van der Waals surface area contributed by atoms with Crippen molar-refractivity contribution in [1.82, 2.24) is 15.5 Å². The van der Waals surface area contributed by atoms with E-state index in [0.29, 0.717) is 12.6 Å². The number of piperidine rings is 1. The van der Waals surface area contributed by atoms with Gasteiger partial charge in [-0.15, -0.1) is 6.58 Å². The average Bonchev–Trinajstić information content (AvgIpc) is 2.38. The van der Waals surface area contributed by atoms with Crippen LogP contribution in [0.25, 0.3) is 0 Å². The fraction of sp³-hybridized carbons (Fsp3) is 0.769. The first-order valence-corrected chi connectivity index (χ1v) is 6.55. The molecule has 4 heteroatoms. The van der Waals surface area contributed by atoms with Crippen LogP contribution in [-0.2, 0) is 4.79 Å². The molecule has 0 bridgehead atoms. The van der Waals surface area contributed by atoms with Crippen LogP contribution in [0.3, 0.4) is 0 Å². The van der Waals surface area contributed by atoms with E-state index in [1.807, 2.05) is 6.92 Å². The van der Waals surface area contributed by atoms with Gasteiger partial charge in [0.25, 0.3) is 0 Å². The number of amides is 1. The van der Waals surface area contributed by atoms with Crippen molar-refractivity contribution in [2.75, 3.05) is 26.2 Å². The molecule has 1 aliphatic heterocycles. The van der Waals surface area contributed by atoms with Crippen molar-refractivity contribution in [2.24, 2.45) is 0 Å². The Labute approximate surface area is 104 Å². The summed E-state index contributed by atoms with van der Waals surface area (Å²) in [7, 11) is 0. The quantitative estimate of drug-likeness (QED) is 0.672. The summed E-state index contributed by atoms with van der Waals surface area (Å²) >= 11 is 0. The van der Waals surface area contributed by atoms with Crippen LogP contribution in [-0.4, -0.2) is 49.1 Å². The van der Waals surface area contributed by atoms with Crippen LogP contribution in [0.1, 0.15) is 26.7 Å². The minimum absolute atomic E-state index is 0.0527. The number of hydrogen-bond acceptors (Lipinski definition) is 3. The largest absolute Gasteiger partial charge is 0.351 e. The van der Waals surface area contributed by atoms with Gasteiger partial charge in [0.2, 0.25) is 5.91 Å². The summed E-state index contributed by atoms with van der Waals surface area (Å²) in [6.45, 7) is 11.3. The van der Waals surface area contributed by atoms with E-state index in [1.54, 1.807) is 6.08 Å². The van der Waals surface area contributed by atoms with Crippen LogP contribution >= 0.6 is 0 Å². The van der Waals surface area contributed by atoms with E-state index in [2.05, 4.69) is 29.0 Å². The van der Waals surface area contributed by atoms with Crippen LogP contribution in [0.15, 0.2) is 12.7 Å². The summed E-state index contributed by atoms with van der Waals surface area (Å²) < 4.78 is 0. The van der Waals surface area contributed by atoms with E-state index in [-0.39, 0.29) is 11.9 Å². The average molecular weight is 239 g/mol. The Morgan fingerprint density at radius 2 is 2.24 bits per heavy atom. The molecule has 1 atom stereocenters. The molecule has 0 saturated carbocycles. The van der Waals surface area contributed by atoms with Crippen LogP contribution in [0, 0.1) is 0 Å². The highest BCUT2D eigenvalue weighted by Crippen LogP contribution is 2.14. The summed E-state index contributed by atoms with van der Waals surface area (Å²) in [5.74, 6) is 0.102. The molecular formula is C13H25N3O. The summed E-state index contributed by atoms with van der Waals surface area (Å²) in [5, 5.41) is 6.23. The Kier molecular flexibility index (Phi) is 6.22. The van der Waals surface area contributed by atoms with E-state index in [4.69, 9.17) is 0 Å². The third-order valence-electron chi connectivity index (χ3n) is 3.44. The van der Waals surface area contributed by atoms with Gasteiger partial charge in [-0.1, -0.05) is 13.0 Å². The molecule has 0 spiro atoms. The van der Waals surface area contributed by atoms with Crippen LogP contribution in [0.5, 0.6) is 0 Å². The number of carbonyl (C=O) groups excluding carboxylic acids is 1. The molecule has 2 N–H and O–H groups in total. The first-order valence-electron chi connectivity index (χ1n) is 6.55. The molecule has 0 aliphatic carbocycles. The van der Waals surface area contributed by atoms with Crippen molar-refractivity contribution in [1.29, 1.82) is 0 Å². The normalized spacial score (nSPS) is 19.0. The Morgan fingerprint density at radius 1 is 1.59 bits per heavy atom. The van der Waals surface area contributed by atoms with Crippen molar-refractivity contribution in [3.63, 3.8) is 0 Å². The number of nitrogens with zero attached hydrogens (tertiary/aromatic N) is 1. The molecule has 1 saturated heterocycles. The molecule has 1 unspecified atom stereocenters. The first-order chi connectivity index (χ1) is 8.20. The third kappa shape index (κ3) is 4.13. The number of carbonyl (C=O) groups is 1. The van der Waals surface area contributed by atoms with Crippen LogP contribution < -0.4 is 10.6 Å². The minimum atomic E-state index is -0.0527. The molecule has 0 aromatic carbocycles. The van der Waals surface area contributed by atoms with E-state index in [9.17, 15) is 4.79 Å². The maximum Gasteiger partial charge on any atom is 0.237 e. The second kappa shape index (κ2) is 7.45. The zero-order valence-electron chi connectivity index (χ0n) is 11.0. The van der Waals surface area contributed by atoms with Gasteiger partial charge in [-0.2, -0.15) is 0 Å². The molecule has 1 heterocycles. The minimum Gasteiger partial charge on any atom is -0.351 e. The maximum absolute atomic E-state index is 11.9. The van der Waals surface area contributed by atoms with Gasteiger partial charge < -0.3 is 10.6 Å². The van der Waals surface area contributed by atoms with Gasteiger partial charge in [-0.05, 0) is 39.4 Å². The Morgan fingerprint density at radius 3 is 2.76 bits per heavy atom. The summed E-state index contributed by atoms with van der Waals surface area (Å²) in [6, 6.07) is 0.480. The van der Waals surface area contributed by atoms with Gasteiger partial charge in [0.05, 0.1) is 6.04 Å². The zero-order chi connectivity index (χ0) is 12.7. The van der Waals surface area contributed by atoms with Crippen molar-refractivity contribution >= 4 is 5.91 Å². The molecule has 98 valence electrons. The lowest BCUT2D eigenvalue weighted by molar-refractivity contribution is -0.126. The van der Waals surface area contributed by atoms with Crippen molar-refractivity contribution in [3.8, 4) is 0 Å². The number of likely N-dealkylation sites (N-methyl/N-ethyl adjacent to an activating group) is 1. The van der Waals surface area contributed by atoms with Crippen LogP contribution in [0.2, 0.25) is 0 Å². The molecule has 0 aromatic heterocycles. The van der Waals surface area contributed by atoms with E-state index >= 15 is 0 Å². The summed E-state index contributed by atoms with van der Waals surface area (Å²) in [5.41, 5.74) is 0. The summed E-state index contributed by atoms with van der Waals surface area (Å²) in [4.78, 5) is 14.2. The van der Waals surface area contributed by atoms with Gasteiger partial charge in [0.1, 0.15) is 0 Å². The van der Waals surface area contributed by atoms with Gasteiger partial charge >= 0.3 is 0 Å². The fourth-order valence-electron chi connectivity index (χ4n) is 2.46. The van der Waals surface area contributed by atoms with E-state index in [1.165, 1.54) is 0 Å². The Balaban J connectivity index is 2.52. The molecule has 17 heavy (non-hydrogen) atoms. The number of rotatable bonds is 6. The molecule has 0 radical (unpaired) electrons. The van der Waals surface area contributed by atoms with Crippen molar-refractivity contribution < 1.29 is 4.79 Å². The highest BCUT2D eigenvalue weighted by atomic mass is 16.2. The molecule has 4 nitrogen and oxygen atoms in total. The molecule has 1 amide bonds. The Hall–Kier alpha value is -0.870. The predicted molar refractivity (Wildman–Crippen MR) is 70.9 cm³/mol.